The highest BCUT2D eigenvalue weighted by Gasteiger charge is 1.79. The van der Waals surface area contributed by atoms with Gasteiger partial charge < -0.3 is 6.15 Å². The monoisotopic (exact) mass is 167 g/mol. The maximum absolute atomic E-state index is 2.16. The Morgan fingerprint density at radius 2 is 1.33 bits per heavy atom. The highest BCUT2D eigenvalue weighted by atomic mass is 14.0. The summed E-state index contributed by atoms with van der Waals surface area (Å²) < 4.78 is 0. The van der Waals surface area contributed by atoms with Gasteiger partial charge in [-0.2, -0.15) is 0 Å². The van der Waals surface area contributed by atoms with Gasteiger partial charge in [-0.3, -0.25) is 0 Å². The largest absolute Gasteiger partial charge is 0.344 e. The molecule has 0 unspecified atom stereocenters. The highest BCUT2D eigenvalue weighted by molar-refractivity contribution is 5.13. The van der Waals surface area contributed by atoms with Crippen LogP contribution in [0.1, 0.15) is 32.8 Å². The summed E-state index contributed by atoms with van der Waals surface area (Å²) in [5.41, 5.74) is 1.41. The molecule has 0 heterocycles. The lowest BCUT2D eigenvalue weighted by atomic mass is 10.2. The van der Waals surface area contributed by atoms with Crippen LogP contribution in [0.4, 0.5) is 0 Å². The number of hydrogen-bond donors (Lipinski definition) is 1. The van der Waals surface area contributed by atoms with Crippen molar-refractivity contribution in [2.45, 2.75) is 33.6 Å². The fourth-order valence-electron chi connectivity index (χ4n) is 0.714. The van der Waals surface area contributed by atoms with Gasteiger partial charge in [0.2, 0.25) is 0 Å². The third-order valence-corrected chi connectivity index (χ3v) is 1.25. The summed E-state index contributed by atoms with van der Waals surface area (Å²) in [6.45, 7) is 6.41. The summed E-state index contributed by atoms with van der Waals surface area (Å²) in [5, 5.41) is 0. The quantitative estimate of drug-likeness (QED) is 0.677. The first kappa shape index (κ1) is 13.7. The number of benzene rings is 1. The fraction of sp³-hybridized carbons (Fsp3) is 0.455. The smallest absolute Gasteiger partial charge is 0.0307 e. The standard InChI is InChI=1S/C8H10.C3H8.H3N/c1-2-8-6-4-3-5-7-8;1-3-2;/h3-7H,2H2,1H3;3H2,1-2H3;1H3. The maximum atomic E-state index is 2.16. The molecule has 0 radical (unpaired) electrons. The minimum Gasteiger partial charge on any atom is -0.344 e. The van der Waals surface area contributed by atoms with E-state index in [2.05, 4.69) is 45.0 Å². The molecule has 1 heteroatoms. The summed E-state index contributed by atoms with van der Waals surface area (Å²) in [5.74, 6) is 0. The Balaban J connectivity index is 0. The van der Waals surface area contributed by atoms with Crippen molar-refractivity contribution in [1.82, 2.24) is 6.15 Å². The SMILES string of the molecule is CCC.CCc1ccccc1.N. The zero-order valence-corrected chi connectivity index (χ0v) is 8.51. The zero-order valence-electron chi connectivity index (χ0n) is 8.51. The first-order chi connectivity index (χ1) is 5.35. The second-order valence-electron chi connectivity index (χ2n) is 2.55. The van der Waals surface area contributed by atoms with Gasteiger partial charge >= 0.3 is 0 Å². The molecule has 0 bridgehead atoms. The van der Waals surface area contributed by atoms with Crippen molar-refractivity contribution in [3.05, 3.63) is 35.9 Å². The van der Waals surface area contributed by atoms with Crippen molar-refractivity contribution >= 4 is 0 Å². The molecule has 0 aliphatic rings. The van der Waals surface area contributed by atoms with Crippen molar-refractivity contribution in [1.29, 1.82) is 0 Å². The Kier molecular flexibility index (Phi) is 11.7. The van der Waals surface area contributed by atoms with Gasteiger partial charge in [-0.1, -0.05) is 57.5 Å². The Morgan fingerprint density at radius 3 is 1.58 bits per heavy atom. The molecule has 1 aromatic rings. The summed E-state index contributed by atoms with van der Waals surface area (Å²) in [6.07, 6.45) is 2.39. The van der Waals surface area contributed by atoms with Gasteiger partial charge in [-0.05, 0) is 12.0 Å². The van der Waals surface area contributed by atoms with Gasteiger partial charge in [-0.15, -0.1) is 0 Å². The Hall–Kier alpha value is -0.820. The highest BCUT2D eigenvalue weighted by Crippen LogP contribution is 1.96. The molecule has 0 fully saturated rings. The predicted octanol–water partition coefficient (Wildman–Crippen LogP) is 3.83. The van der Waals surface area contributed by atoms with Gasteiger partial charge in [-0.25, -0.2) is 0 Å². The molecule has 0 saturated carbocycles. The lowest BCUT2D eigenvalue weighted by molar-refractivity contribution is 1.09. The zero-order chi connectivity index (χ0) is 8.53. The van der Waals surface area contributed by atoms with Crippen LogP contribution >= 0.6 is 0 Å². The van der Waals surface area contributed by atoms with Crippen molar-refractivity contribution in [2.75, 3.05) is 0 Å². The van der Waals surface area contributed by atoms with Gasteiger partial charge in [0.05, 0.1) is 0 Å². The second-order valence-corrected chi connectivity index (χ2v) is 2.55. The lowest BCUT2D eigenvalue weighted by Gasteiger charge is -1.89. The summed E-state index contributed by atoms with van der Waals surface area (Å²) in [7, 11) is 0. The van der Waals surface area contributed by atoms with E-state index in [0.717, 1.165) is 6.42 Å². The third kappa shape index (κ3) is 7.29. The van der Waals surface area contributed by atoms with E-state index in [9.17, 15) is 0 Å². The molecular formula is C11H21N. The van der Waals surface area contributed by atoms with Crippen LogP contribution in [0.5, 0.6) is 0 Å². The van der Waals surface area contributed by atoms with E-state index in [0.29, 0.717) is 0 Å². The molecule has 0 spiro atoms. The van der Waals surface area contributed by atoms with Crippen LogP contribution in [0.2, 0.25) is 0 Å². The van der Waals surface area contributed by atoms with Crippen LogP contribution in [0.15, 0.2) is 30.3 Å². The molecule has 1 nitrogen and oxygen atoms in total. The van der Waals surface area contributed by atoms with Crippen LogP contribution < -0.4 is 6.15 Å². The van der Waals surface area contributed by atoms with Gasteiger partial charge in [0.25, 0.3) is 0 Å². The Morgan fingerprint density at radius 1 is 0.917 bits per heavy atom. The predicted molar refractivity (Wildman–Crippen MR) is 56.8 cm³/mol. The van der Waals surface area contributed by atoms with Crippen LogP contribution in [-0.4, -0.2) is 0 Å². The molecule has 12 heavy (non-hydrogen) atoms. The summed E-state index contributed by atoms with van der Waals surface area (Å²) >= 11 is 0. The number of rotatable bonds is 1. The van der Waals surface area contributed by atoms with Crippen LogP contribution in [0.25, 0.3) is 0 Å². The average Bonchev–Trinajstić information content (AvgIpc) is 2.08. The van der Waals surface area contributed by atoms with E-state index in [4.69, 9.17) is 0 Å². The molecule has 70 valence electrons. The maximum Gasteiger partial charge on any atom is -0.0307 e. The van der Waals surface area contributed by atoms with E-state index in [1.165, 1.54) is 12.0 Å². The van der Waals surface area contributed by atoms with Gasteiger partial charge in [0.15, 0.2) is 0 Å². The molecule has 0 aromatic heterocycles. The lowest BCUT2D eigenvalue weighted by Crippen LogP contribution is -1.73. The summed E-state index contributed by atoms with van der Waals surface area (Å²) in [6, 6.07) is 10.5. The second kappa shape index (κ2) is 10.2. The molecule has 0 aliphatic heterocycles. The van der Waals surface area contributed by atoms with Gasteiger partial charge in [0.1, 0.15) is 0 Å². The third-order valence-electron chi connectivity index (χ3n) is 1.25. The van der Waals surface area contributed by atoms with E-state index in [1.807, 2.05) is 6.07 Å². The minimum absolute atomic E-state index is 0. The Bertz CT molecular complexity index is 158. The molecule has 0 saturated heterocycles. The molecule has 1 rings (SSSR count). The number of hydrogen-bond acceptors (Lipinski definition) is 1. The van der Waals surface area contributed by atoms with Crippen molar-refractivity contribution in [3.8, 4) is 0 Å². The molecule has 1 aromatic carbocycles. The Labute approximate surface area is 76.4 Å². The molecular weight excluding hydrogens is 146 g/mol. The van der Waals surface area contributed by atoms with Crippen molar-refractivity contribution in [2.24, 2.45) is 0 Å². The number of aryl methyl sites for hydroxylation is 1. The van der Waals surface area contributed by atoms with Crippen LogP contribution in [-0.2, 0) is 6.42 Å². The van der Waals surface area contributed by atoms with Gasteiger partial charge in [0, 0.05) is 0 Å². The van der Waals surface area contributed by atoms with E-state index in [-0.39, 0.29) is 6.15 Å². The summed E-state index contributed by atoms with van der Waals surface area (Å²) in [4.78, 5) is 0. The molecule has 0 amide bonds. The van der Waals surface area contributed by atoms with Crippen LogP contribution in [0, 0.1) is 0 Å². The van der Waals surface area contributed by atoms with Crippen LogP contribution in [0.3, 0.4) is 0 Å². The van der Waals surface area contributed by atoms with Crippen molar-refractivity contribution < 1.29 is 0 Å². The van der Waals surface area contributed by atoms with E-state index < -0.39 is 0 Å². The molecule has 3 N–H and O–H groups in total. The normalized spacial score (nSPS) is 7.58. The van der Waals surface area contributed by atoms with E-state index in [1.54, 1.807) is 0 Å². The molecule has 0 aliphatic carbocycles. The molecule has 0 atom stereocenters. The van der Waals surface area contributed by atoms with Crippen molar-refractivity contribution in [3.63, 3.8) is 0 Å². The minimum atomic E-state index is 0. The average molecular weight is 167 g/mol. The fourth-order valence-corrected chi connectivity index (χ4v) is 0.714. The first-order valence-electron chi connectivity index (χ1n) is 4.39. The topological polar surface area (TPSA) is 35.0 Å². The first-order valence-corrected chi connectivity index (χ1v) is 4.39. The van der Waals surface area contributed by atoms with E-state index >= 15 is 0 Å².